The predicted molar refractivity (Wildman–Crippen MR) is 89.9 cm³/mol. The van der Waals surface area contributed by atoms with Crippen LogP contribution < -0.4 is 5.32 Å². The highest BCUT2D eigenvalue weighted by Gasteiger charge is 2.32. The van der Waals surface area contributed by atoms with Crippen molar-refractivity contribution in [1.82, 2.24) is 10.3 Å². The standard InChI is InChI=1S/C18H19ClF4N2/c1-3-11(2)9-25-17(16-5-4-14(19)10-24-16)12-6-13(18(21,22)23)8-15(20)7-12/h4-8,10-11,17,25H,3,9H2,1-2H3/t11?,17-/m0/s1. The molecule has 0 aliphatic carbocycles. The second-order valence-corrected chi connectivity index (χ2v) is 6.46. The highest BCUT2D eigenvalue weighted by Crippen LogP contribution is 2.33. The number of rotatable bonds is 6. The second kappa shape index (κ2) is 8.15. The maximum absolute atomic E-state index is 13.8. The van der Waals surface area contributed by atoms with E-state index in [2.05, 4.69) is 10.3 Å². The first-order chi connectivity index (χ1) is 11.7. The Hall–Kier alpha value is -1.66. The number of hydrogen-bond acceptors (Lipinski definition) is 2. The quantitative estimate of drug-likeness (QED) is 0.664. The van der Waals surface area contributed by atoms with Crippen molar-refractivity contribution in [3.05, 3.63) is 64.2 Å². The van der Waals surface area contributed by atoms with Crippen molar-refractivity contribution in [2.75, 3.05) is 6.54 Å². The summed E-state index contributed by atoms with van der Waals surface area (Å²) in [4.78, 5) is 4.18. The van der Waals surface area contributed by atoms with E-state index < -0.39 is 23.6 Å². The van der Waals surface area contributed by atoms with E-state index in [9.17, 15) is 17.6 Å². The molecule has 1 unspecified atom stereocenters. The topological polar surface area (TPSA) is 24.9 Å². The van der Waals surface area contributed by atoms with Crippen molar-refractivity contribution in [2.45, 2.75) is 32.5 Å². The van der Waals surface area contributed by atoms with Gasteiger partial charge in [0.15, 0.2) is 0 Å². The van der Waals surface area contributed by atoms with Crippen LogP contribution in [0.15, 0.2) is 36.5 Å². The van der Waals surface area contributed by atoms with Gasteiger partial charge in [0.05, 0.1) is 22.3 Å². The van der Waals surface area contributed by atoms with E-state index in [0.29, 0.717) is 29.2 Å². The summed E-state index contributed by atoms with van der Waals surface area (Å²) in [6.45, 7) is 4.60. The molecular weight excluding hydrogens is 356 g/mol. The van der Waals surface area contributed by atoms with Crippen LogP contribution in [-0.4, -0.2) is 11.5 Å². The average Bonchev–Trinajstić information content (AvgIpc) is 2.55. The molecule has 0 saturated heterocycles. The van der Waals surface area contributed by atoms with Gasteiger partial charge in [-0.3, -0.25) is 4.98 Å². The number of nitrogens with one attached hydrogen (secondary N) is 1. The lowest BCUT2D eigenvalue weighted by molar-refractivity contribution is -0.137. The molecule has 0 fully saturated rings. The molecule has 0 radical (unpaired) electrons. The third-order valence-electron chi connectivity index (χ3n) is 3.99. The Bertz CT molecular complexity index is 701. The molecule has 0 aliphatic rings. The fourth-order valence-corrected chi connectivity index (χ4v) is 2.47. The van der Waals surface area contributed by atoms with Gasteiger partial charge in [0.25, 0.3) is 0 Å². The van der Waals surface area contributed by atoms with Crippen molar-refractivity contribution in [2.24, 2.45) is 5.92 Å². The largest absolute Gasteiger partial charge is 0.416 e. The van der Waals surface area contributed by atoms with Crippen molar-refractivity contribution < 1.29 is 17.6 Å². The molecule has 2 nitrogen and oxygen atoms in total. The van der Waals surface area contributed by atoms with Crippen LogP contribution in [0.2, 0.25) is 5.02 Å². The summed E-state index contributed by atoms with van der Waals surface area (Å²) in [6.07, 6.45) is -2.30. The van der Waals surface area contributed by atoms with Crippen LogP contribution in [0.25, 0.3) is 0 Å². The Labute approximate surface area is 149 Å². The first-order valence-electron chi connectivity index (χ1n) is 7.93. The number of halogens is 5. The maximum Gasteiger partial charge on any atom is 0.416 e. The van der Waals surface area contributed by atoms with Crippen molar-refractivity contribution >= 4 is 11.6 Å². The molecule has 0 spiro atoms. The SMILES string of the molecule is CCC(C)CN[C@@H](c1cc(F)cc(C(F)(F)F)c1)c1ccc(Cl)cn1. The number of hydrogen-bond donors (Lipinski definition) is 1. The molecule has 136 valence electrons. The molecule has 2 rings (SSSR count). The lowest BCUT2D eigenvalue weighted by Gasteiger charge is -2.22. The average molecular weight is 375 g/mol. The molecule has 2 atom stereocenters. The first kappa shape index (κ1) is 19.7. The van der Waals surface area contributed by atoms with Gasteiger partial charge in [0.2, 0.25) is 0 Å². The molecule has 1 heterocycles. The fraction of sp³-hybridized carbons (Fsp3) is 0.389. The molecule has 0 saturated carbocycles. The van der Waals surface area contributed by atoms with Gasteiger partial charge in [0.1, 0.15) is 5.82 Å². The minimum atomic E-state index is -4.62. The van der Waals surface area contributed by atoms with Gasteiger partial charge in [-0.1, -0.05) is 31.9 Å². The summed E-state index contributed by atoms with van der Waals surface area (Å²) in [7, 11) is 0. The van der Waals surface area contributed by atoms with Gasteiger partial charge in [-0.25, -0.2) is 4.39 Å². The zero-order valence-corrected chi connectivity index (χ0v) is 14.6. The molecular formula is C18H19ClF4N2. The smallest absolute Gasteiger partial charge is 0.305 e. The lowest BCUT2D eigenvalue weighted by Crippen LogP contribution is -2.28. The van der Waals surface area contributed by atoms with Crippen LogP contribution in [0.5, 0.6) is 0 Å². The summed E-state index contributed by atoms with van der Waals surface area (Å²) >= 11 is 5.83. The monoisotopic (exact) mass is 374 g/mol. The van der Waals surface area contributed by atoms with E-state index in [1.807, 2.05) is 13.8 Å². The molecule has 1 N–H and O–H groups in total. The van der Waals surface area contributed by atoms with Crippen molar-refractivity contribution in [3.63, 3.8) is 0 Å². The highest BCUT2D eigenvalue weighted by atomic mass is 35.5. The molecule has 25 heavy (non-hydrogen) atoms. The van der Waals surface area contributed by atoms with Crippen LogP contribution in [-0.2, 0) is 6.18 Å². The zero-order valence-electron chi connectivity index (χ0n) is 13.9. The Balaban J connectivity index is 2.44. The van der Waals surface area contributed by atoms with Gasteiger partial charge in [0, 0.05) is 6.20 Å². The number of pyridine rings is 1. The van der Waals surface area contributed by atoms with E-state index >= 15 is 0 Å². The molecule has 1 aromatic carbocycles. The summed E-state index contributed by atoms with van der Waals surface area (Å²) in [5.74, 6) is -0.625. The van der Waals surface area contributed by atoms with E-state index in [4.69, 9.17) is 11.6 Å². The molecule has 0 amide bonds. The Morgan fingerprint density at radius 2 is 1.92 bits per heavy atom. The van der Waals surface area contributed by atoms with Crippen LogP contribution in [0, 0.1) is 11.7 Å². The summed E-state index contributed by atoms with van der Waals surface area (Å²) in [5.41, 5.74) is -0.372. The Morgan fingerprint density at radius 3 is 2.48 bits per heavy atom. The molecule has 1 aromatic heterocycles. The van der Waals surface area contributed by atoms with Crippen molar-refractivity contribution in [1.29, 1.82) is 0 Å². The number of alkyl halides is 3. The summed E-state index contributed by atoms with van der Waals surface area (Å²) in [5, 5.41) is 3.61. The summed E-state index contributed by atoms with van der Waals surface area (Å²) in [6, 6.07) is 5.10. The Kier molecular flexibility index (Phi) is 6.41. The predicted octanol–water partition coefficient (Wildman–Crippen LogP) is 5.62. The van der Waals surface area contributed by atoms with Crippen LogP contribution in [0.4, 0.5) is 17.6 Å². The molecule has 7 heteroatoms. The summed E-state index contributed by atoms with van der Waals surface area (Å²) < 4.78 is 52.8. The van der Waals surface area contributed by atoms with Gasteiger partial charge in [-0.05, 0) is 48.4 Å². The third-order valence-corrected chi connectivity index (χ3v) is 4.22. The van der Waals surface area contributed by atoms with Crippen LogP contribution >= 0.6 is 11.6 Å². The fourth-order valence-electron chi connectivity index (χ4n) is 2.36. The van der Waals surface area contributed by atoms with Gasteiger partial charge >= 0.3 is 6.18 Å². The minimum Gasteiger partial charge on any atom is -0.305 e. The van der Waals surface area contributed by atoms with Gasteiger partial charge in [-0.2, -0.15) is 13.2 Å². The number of nitrogens with zero attached hydrogens (tertiary/aromatic N) is 1. The molecule has 0 bridgehead atoms. The van der Waals surface area contributed by atoms with E-state index in [1.165, 1.54) is 6.20 Å². The Morgan fingerprint density at radius 1 is 1.20 bits per heavy atom. The van der Waals surface area contributed by atoms with E-state index in [1.54, 1.807) is 12.1 Å². The normalized spacial score (nSPS) is 14.4. The van der Waals surface area contributed by atoms with Crippen LogP contribution in [0.1, 0.15) is 43.1 Å². The minimum absolute atomic E-state index is 0.172. The molecule has 0 aliphatic heterocycles. The van der Waals surface area contributed by atoms with E-state index in [0.717, 1.165) is 18.6 Å². The zero-order chi connectivity index (χ0) is 18.6. The third kappa shape index (κ3) is 5.41. The van der Waals surface area contributed by atoms with Gasteiger partial charge < -0.3 is 5.32 Å². The van der Waals surface area contributed by atoms with Crippen molar-refractivity contribution in [3.8, 4) is 0 Å². The van der Waals surface area contributed by atoms with Crippen LogP contribution in [0.3, 0.4) is 0 Å². The molecule has 2 aromatic rings. The first-order valence-corrected chi connectivity index (χ1v) is 8.31. The maximum atomic E-state index is 13.8. The number of benzene rings is 1. The highest BCUT2D eigenvalue weighted by molar-refractivity contribution is 6.30. The van der Waals surface area contributed by atoms with E-state index in [-0.39, 0.29) is 5.56 Å². The van der Waals surface area contributed by atoms with Gasteiger partial charge in [-0.15, -0.1) is 0 Å². The second-order valence-electron chi connectivity index (χ2n) is 6.03. The number of aromatic nitrogens is 1. The lowest BCUT2D eigenvalue weighted by atomic mass is 9.99.